The van der Waals surface area contributed by atoms with Gasteiger partial charge in [0.15, 0.2) is 0 Å². The largest absolute Gasteiger partial charge is 0.352 e. The van der Waals surface area contributed by atoms with Gasteiger partial charge in [0.2, 0.25) is 0 Å². The van der Waals surface area contributed by atoms with Crippen LogP contribution < -0.4 is 4.90 Å². The Morgan fingerprint density at radius 1 is 1.50 bits per heavy atom. The Morgan fingerprint density at radius 2 is 2.31 bits per heavy atom. The monoisotopic (exact) mass is 283 g/mol. The summed E-state index contributed by atoms with van der Waals surface area (Å²) in [6.45, 7) is 5.55. The van der Waals surface area contributed by atoms with Gasteiger partial charge in [0.1, 0.15) is 12.1 Å². The molecule has 2 unspecified atom stereocenters. The van der Waals surface area contributed by atoms with Gasteiger partial charge in [0.05, 0.1) is 0 Å². The second-order valence-electron chi connectivity index (χ2n) is 4.40. The molecule has 88 valence electrons. The SMILES string of the molecule is CCc1cc(N2CCC(C)C2CBr)ncn1. The van der Waals surface area contributed by atoms with Crippen LogP contribution in [0.4, 0.5) is 5.82 Å². The maximum absolute atomic E-state index is 4.40. The topological polar surface area (TPSA) is 29.0 Å². The molecule has 0 N–H and O–H groups in total. The Hall–Kier alpha value is -0.640. The molecule has 16 heavy (non-hydrogen) atoms. The minimum absolute atomic E-state index is 0.569. The van der Waals surface area contributed by atoms with Gasteiger partial charge in [-0.1, -0.05) is 29.8 Å². The summed E-state index contributed by atoms with van der Waals surface area (Å²) in [5, 5.41) is 1.01. The number of anilines is 1. The van der Waals surface area contributed by atoms with Crippen molar-refractivity contribution >= 4 is 21.7 Å². The van der Waals surface area contributed by atoms with Gasteiger partial charge >= 0.3 is 0 Å². The number of alkyl halides is 1. The molecule has 2 heterocycles. The van der Waals surface area contributed by atoms with E-state index in [-0.39, 0.29) is 0 Å². The first kappa shape index (κ1) is 11.8. The highest BCUT2D eigenvalue weighted by Crippen LogP contribution is 2.29. The molecule has 4 heteroatoms. The van der Waals surface area contributed by atoms with Crippen LogP contribution in [0.25, 0.3) is 0 Å². The van der Waals surface area contributed by atoms with E-state index >= 15 is 0 Å². The number of hydrogen-bond acceptors (Lipinski definition) is 3. The molecule has 0 bridgehead atoms. The van der Waals surface area contributed by atoms with Crippen LogP contribution in [0.5, 0.6) is 0 Å². The third-order valence-corrected chi connectivity index (χ3v) is 4.07. The van der Waals surface area contributed by atoms with Gasteiger partial charge < -0.3 is 4.90 Å². The lowest BCUT2D eigenvalue weighted by atomic mass is 10.1. The summed E-state index contributed by atoms with van der Waals surface area (Å²) in [5.41, 5.74) is 1.12. The van der Waals surface area contributed by atoms with Crippen molar-refractivity contribution in [1.82, 2.24) is 9.97 Å². The van der Waals surface area contributed by atoms with Crippen molar-refractivity contribution in [3.05, 3.63) is 18.1 Å². The molecule has 1 aliphatic rings. The summed E-state index contributed by atoms with van der Waals surface area (Å²) in [5.74, 6) is 1.82. The summed E-state index contributed by atoms with van der Waals surface area (Å²) < 4.78 is 0. The molecule has 0 radical (unpaired) electrons. The van der Waals surface area contributed by atoms with Crippen LogP contribution in [0.3, 0.4) is 0 Å². The van der Waals surface area contributed by atoms with E-state index < -0.39 is 0 Å². The average molecular weight is 284 g/mol. The number of aromatic nitrogens is 2. The van der Waals surface area contributed by atoms with E-state index in [0.29, 0.717) is 6.04 Å². The summed E-state index contributed by atoms with van der Waals surface area (Å²) in [6.07, 6.45) is 3.90. The van der Waals surface area contributed by atoms with Crippen LogP contribution in [-0.2, 0) is 6.42 Å². The second-order valence-corrected chi connectivity index (χ2v) is 5.05. The molecule has 1 aromatic rings. The fraction of sp³-hybridized carbons (Fsp3) is 0.667. The van der Waals surface area contributed by atoms with Crippen LogP contribution in [0.1, 0.15) is 26.0 Å². The molecule has 1 aromatic heterocycles. The minimum Gasteiger partial charge on any atom is -0.352 e. The molecular weight excluding hydrogens is 266 g/mol. The lowest BCUT2D eigenvalue weighted by Gasteiger charge is -2.26. The second kappa shape index (κ2) is 5.13. The van der Waals surface area contributed by atoms with Gasteiger partial charge in [-0.2, -0.15) is 0 Å². The summed E-state index contributed by atoms with van der Waals surface area (Å²) in [6, 6.07) is 2.69. The maximum Gasteiger partial charge on any atom is 0.132 e. The maximum atomic E-state index is 4.40. The Bertz CT molecular complexity index is 356. The van der Waals surface area contributed by atoms with Crippen LogP contribution >= 0.6 is 15.9 Å². The quantitative estimate of drug-likeness (QED) is 0.799. The molecular formula is C12H18BrN3. The van der Waals surface area contributed by atoms with Gasteiger partial charge in [0, 0.05) is 29.7 Å². The molecule has 2 atom stereocenters. The van der Waals surface area contributed by atoms with Gasteiger partial charge in [0.25, 0.3) is 0 Å². The molecule has 1 saturated heterocycles. The third-order valence-electron chi connectivity index (χ3n) is 3.41. The summed E-state index contributed by atoms with van der Waals surface area (Å²) in [7, 11) is 0. The van der Waals surface area contributed by atoms with E-state index in [1.54, 1.807) is 6.33 Å². The number of aryl methyl sites for hydroxylation is 1. The van der Waals surface area contributed by atoms with E-state index in [0.717, 1.165) is 35.7 Å². The highest BCUT2D eigenvalue weighted by molar-refractivity contribution is 9.09. The highest BCUT2D eigenvalue weighted by atomic mass is 79.9. The van der Waals surface area contributed by atoms with E-state index in [2.05, 4.69) is 50.7 Å². The molecule has 0 aromatic carbocycles. The predicted molar refractivity (Wildman–Crippen MR) is 70.1 cm³/mol. The molecule has 0 spiro atoms. The Kier molecular flexibility index (Phi) is 3.79. The zero-order valence-corrected chi connectivity index (χ0v) is 11.4. The van der Waals surface area contributed by atoms with Crippen molar-refractivity contribution in [1.29, 1.82) is 0 Å². The number of rotatable bonds is 3. The molecule has 0 aliphatic carbocycles. The predicted octanol–water partition coefficient (Wildman–Crippen LogP) is 2.65. The van der Waals surface area contributed by atoms with E-state index in [4.69, 9.17) is 0 Å². The van der Waals surface area contributed by atoms with Crippen molar-refractivity contribution < 1.29 is 0 Å². The fourth-order valence-electron chi connectivity index (χ4n) is 2.26. The molecule has 1 aliphatic heterocycles. The van der Waals surface area contributed by atoms with Gasteiger partial charge in [-0.05, 0) is 18.8 Å². The van der Waals surface area contributed by atoms with Crippen molar-refractivity contribution in [2.24, 2.45) is 5.92 Å². The molecule has 0 saturated carbocycles. The molecule has 2 rings (SSSR count). The summed E-state index contributed by atoms with van der Waals surface area (Å²) in [4.78, 5) is 11.0. The van der Waals surface area contributed by atoms with Crippen molar-refractivity contribution in [2.75, 3.05) is 16.8 Å². The highest BCUT2D eigenvalue weighted by Gasteiger charge is 2.31. The standard InChI is InChI=1S/C12H18BrN3/c1-3-10-6-12(15-8-14-10)16-5-4-9(2)11(16)7-13/h6,8-9,11H,3-5,7H2,1-2H3. The van der Waals surface area contributed by atoms with E-state index in [1.165, 1.54) is 6.42 Å². The molecule has 1 fully saturated rings. The van der Waals surface area contributed by atoms with Crippen molar-refractivity contribution in [3.63, 3.8) is 0 Å². The first-order valence-corrected chi connectivity index (χ1v) is 7.02. The zero-order chi connectivity index (χ0) is 11.5. The smallest absolute Gasteiger partial charge is 0.132 e. The molecule has 3 nitrogen and oxygen atoms in total. The Morgan fingerprint density at radius 3 is 3.00 bits per heavy atom. The van der Waals surface area contributed by atoms with Crippen molar-refractivity contribution in [3.8, 4) is 0 Å². The third kappa shape index (κ3) is 2.21. The van der Waals surface area contributed by atoms with Crippen LogP contribution in [0.15, 0.2) is 12.4 Å². The van der Waals surface area contributed by atoms with E-state index in [9.17, 15) is 0 Å². The summed E-state index contributed by atoms with van der Waals surface area (Å²) >= 11 is 3.60. The lowest BCUT2D eigenvalue weighted by molar-refractivity contribution is 0.552. The Labute approximate surface area is 105 Å². The van der Waals surface area contributed by atoms with Crippen molar-refractivity contribution in [2.45, 2.75) is 32.7 Å². The zero-order valence-electron chi connectivity index (χ0n) is 9.86. The first-order chi connectivity index (χ1) is 7.76. The number of hydrogen-bond donors (Lipinski definition) is 0. The minimum atomic E-state index is 0.569. The van der Waals surface area contributed by atoms with Crippen LogP contribution in [-0.4, -0.2) is 27.9 Å². The fourth-order valence-corrected chi connectivity index (χ4v) is 3.25. The van der Waals surface area contributed by atoms with Gasteiger partial charge in [-0.3, -0.25) is 0 Å². The number of halogens is 1. The van der Waals surface area contributed by atoms with Crippen LogP contribution in [0, 0.1) is 5.92 Å². The number of nitrogens with zero attached hydrogens (tertiary/aromatic N) is 3. The molecule has 0 amide bonds. The average Bonchev–Trinajstić information content (AvgIpc) is 2.70. The first-order valence-electron chi connectivity index (χ1n) is 5.89. The van der Waals surface area contributed by atoms with Crippen LogP contribution in [0.2, 0.25) is 0 Å². The van der Waals surface area contributed by atoms with Gasteiger partial charge in [-0.15, -0.1) is 0 Å². The lowest BCUT2D eigenvalue weighted by Crippen LogP contribution is -2.34. The Balaban J connectivity index is 2.22. The normalized spacial score (nSPS) is 25.1. The van der Waals surface area contributed by atoms with E-state index in [1.807, 2.05) is 0 Å². The van der Waals surface area contributed by atoms with Gasteiger partial charge in [-0.25, -0.2) is 9.97 Å².